The Morgan fingerprint density at radius 1 is 1.10 bits per heavy atom. The molecule has 4 rings (SSSR count). The van der Waals surface area contributed by atoms with Crippen molar-refractivity contribution in [2.45, 2.75) is 50.3 Å². The summed E-state index contributed by atoms with van der Waals surface area (Å²) in [6.07, 6.45) is 0.629. The monoisotopic (exact) mass is 440 g/mol. The molecule has 2 aromatic rings. The highest BCUT2D eigenvalue weighted by Crippen LogP contribution is 2.43. The van der Waals surface area contributed by atoms with Crippen molar-refractivity contribution < 1.29 is 9.84 Å². The number of nitrogens with zero attached hydrogens (tertiary/aromatic N) is 2. The maximum absolute atomic E-state index is 10.2. The van der Waals surface area contributed by atoms with E-state index in [1.54, 1.807) is 0 Å². The molecule has 5 heteroatoms. The van der Waals surface area contributed by atoms with Crippen LogP contribution >= 0.6 is 11.8 Å². The third kappa shape index (κ3) is 5.83. The fourth-order valence-electron chi connectivity index (χ4n) is 4.52. The summed E-state index contributed by atoms with van der Waals surface area (Å²) in [7, 11) is 0. The van der Waals surface area contributed by atoms with Gasteiger partial charge in [-0.05, 0) is 29.5 Å². The van der Waals surface area contributed by atoms with Crippen LogP contribution in [0.5, 0.6) is 0 Å². The molecule has 0 spiro atoms. The Hall–Kier alpha value is -1.53. The number of thioether (sulfide) groups is 1. The molecule has 0 bridgehead atoms. The zero-order chi connectivity index (χ0) is 21.8. The van der Waals surface area contributed by atoms with E-state index in [0.717, 1.165) is 38.4 Å². The van der Waals surface area contributed by atoms with Gasteiger partial charge in [0.15, 0.2) is 0 Å². The molecule has 4 nitrogen and oxygen atoms in total. The van der Waals surface area contributed by atoms with Crippen molar-refractivity contribution in [2.75, 3.05) is 43.5 Å². The Labute approximate surface area is 191 Å². The van der Waals surface area contributed by atoms with Gasteiger partial charge in [-0.3, -0.25) is 4.90 Å². The van der Waals surface area contributed by atoms with Crippen molar-refractivity contribution in [1.29, 1.82) is 0 Å². The first kappa shape index (κ1) is 22.7. The largest absolute Gasteiger partial charge is 0.392 e. The Morgan fingerprint density at radius 3 is 2.55 bits per heavy atom. The fourth-order valence-corrected chi connectivity index (χ4v) is 5.74. The Bertz CT molecular complexity index is 839. The van der Waals surface area contributed by atoms with Gasteiger partial charge in [-0.15, -0.1) is 11.8 Å². The summed E-state index contributed by atoms with van der Waals surface area (Å²) in [6, 6.07) is 20.2. The lowest BCUT2D eigenvalue weighted by Gasteiger charge is -2.42. The van der Waals surface area contributed by atoms with E-state index < -0.39 is 0 Å². The number of aliphatic hydroxyl groups excluding tert-OH is 1. The van der Waals surface area contributed by atoms with Crippen LogP contribution in [0.15, 0.2) is 59.5 Å². The van der Waals surface area contributed by atoms with Crippen molar-refractivity contribution in [2.24, 2.45) is 5.41 Å². The molecule has 2 aromatic carbocycles. The molecule has 2 aliphatic rings. The van der Waals surface area contributed by atoms with Crippen LogP contribution in [0.4, 0.5) is 5.69 Å². The maximum Gasteiger partial charge on any atom is 0.0679 e. The van der Waals surface area contributed by atoms with E-state index >= 15 is 0 Å². The number of likely N-dealkylation sites (tertiary alicyclic amines) is 1. The molecule has 2 heterocycles. The molecular formula is C26H36N2O2S. The van der Waals surface area contributed by atoms with Crippen LogP contribution in [0.2, 0.25) is 0 Å². The van der Waals surface area contributed by atoms with Crippen molar-refractivity contribution in [3.8, 4) is 0 Å². The number of hydrogen-bond acceptors (Lipinski definition) is 5. The SMILES string of the molecule is CC(C)(C)COCC(CN1c2ccccc2SCC1c1ccccc1)N1CCC(O)C1. The van der Waals surface area contributed by atoms with E-state index in [2.05, 4.69) is 85.2 Å². The summed E-state index contributed by atoms with van der Waals surface area (Å²) < 4.78 is 6.22. The minimum atomic E-state index is -0.223. The van der Waals surface area contributed by atoms with Crippen LogP contribution in [0, 0.1) is 5.41 Å². The number of β-amino-alcohol motifs (C(OH)–C–C–N with tert-alkyl or cyclic N) is 1. The number of ether oxygens (including phenoxy) is 1. The Balaban J connectivity index is 1.59. The number of anilines is 1. The molecule has 0 saturated carbocycles. The fraction of sp³-hybridized carbons (Fsp3) is 0.538. The quantitative estimate of drug-likeness (QED) is 0.667. The molecule has 3 atom stereocenters. The first-order valence-electron chi connectivity index (χ1n) is 11.4. The summed E-state index contributed by atoms with van der Waals surface area (Å²) in [5.74, 6) is 1.04. The molecule has 0 amide bonds. The molecule has 31 heavy (non-hydrogen) atoms. The summed E-state index contributed by atoms with van der Waals surface area (Å²) in [5, 5.41) is 10.2. The highest BCUT2D eigenvalue weighted by molar-refractivity contribution is 7.99. The van der Waals surface area contributed by atoms with E-state index in [9.17, 15) is 5.11 Å². The van der Waals surface area contributed by atoms with Crippen LogP contribution in [0.3, 0.4) is 0 Å². The summed E-state index contributed by atoms with van der Waals surface area (Å²) in [5.41, 5.74) is 2.82. The van der Waals surface area contributed by atoms with E-state index in [0.29, 0.717) is 12.6 Å². The van der Waals surface area contributed by atoms with Crippen molar-refractivity contribution in [1.82, 2.24) is 4.90 Å². The predicted molar refractivity (Wildman–Crippen MR) is 130 cm³/mol. The second-order valence-corrected chi connectivity index (χ2v) is 11.1. The average Bonchev–Trinajstić information content (AvgIpc) is 3.19. The van der Waals surface area contributed by atoms with Gasteiger partial charge in [0.2, 0.25) is 0 Å². The van der Waals surface area contributed by atoms with Gasteiger partial charge in [0.25, 0.3) is 0 Å². The smallest absolute Gasteiger partial charge is 0.0679 e. The van der Waals surface area contributed by atoms with Crippen LogP contribution in [0.1, 0.15) is 38.8 Å². The summed E-state index contributed by atoms with van der Waals surface area (Å²) in [6.45, 7) is 10.6. The zero-order valence-electron chi connectivity index (χ0n) is 19.0. The molecule has 0 radical (unpaired) electrons. The van der Waals surface area contributed by atoms with Gasteiger partial charge in [-0.1, -0.05) is 63.2 Å². The third-order valence-corrected chi connectivity index (χ3v) is 7.23. The van der Waals surface area contributed by atoms with Gasteiger partial charge in [0.05, 0.1) is 37.1 Å². The lowest BCUT2D eigenvalue weighted by atomic mass is 9.99. The normalized spacial score (nSPS) is 23.0. The number of hydrogen-bond donors (Lipinski definition) is 1. The minimum absolute atomic E-state index is 0.149. The molecule has 3 unspecified atom stereocenters. The van der Waals surface area contributed by atoms with E-state index in [-0.39, 0.29) is 17.6 Å². The number of aliphatic hydroxyl groups is 1. The number of benzene rings is 2. The standard InChI is InChI=1S/C26H36N2O2S/c1-26(2,3)19-30-17-21(27-14-13-22(29)16-27)15-28-23-11-7-8-12-25(23)31-18-24(28)20-9-5-4-6-10-20/h4-12,21-22,24,29H,13-19H2,1-3H3. The van der Waals surface area contributed by atoms with Crippen LogP contribution in [-0.2, 0) is 4.74 Å². The highest BCUT2D eigenvalue weighted by atomic mass is 32.2. The summed E-state index contributed by atoms with van der Waals surface area (Å²) >= 11 is 1.95. The maximum atomic E-state index is 10.2. The molecule has 2 aliphatic heterocycles. The van der Waals surface area contributed by atoms with Crippen LogP contribution in [0.25, 0.3) is 0 Å². The first-order valence-corrected chi connectivity index (χ1v) is 12.4. The van der Waals surface area contributed by atoms with Gasteiger partial charge < -0.3 is 14.7 Å². The van der Waals surface area contributed by atoms with Gasteiger partial charge in [0.1, 0.15) is 0 Å². The Kier molecular flexibility index (Phi) is 7.27. The second-order valence-electron chi connectivity index (χ2n) is 10.0. The van der Waals surface area contributed by atoms with Crippen molar-refractivity contribution >= 4 is 17.4 Å². The van der Waals surface area contributed by atoms with Crippen molar-refractivity contribution in [3.05, 3.63) is 60.2 Å². The van der Waals surface area contributed by atoms with E-state index in [4.69, 9.17) is 4.74 Å². The average molecular weight is 441 g/mol. The minimum Gasteiger partial charge on any atom is -0.392 e. The van der Waals surface area contributed by atoms with E-state index in [1.807, 2.05) is 11.8 Å². The van der Waals surface area contributed by atoms with Gasteiger partial charge in [0, 0.05) is 30.3 Å². The molecular weight excluding hydrogens is 404 g/mol. The van der Waals surface area contributed by atoms with E-state index in [1.165, 1.54) is 16.1 Å². The number of para-hydroxylation sites is 1. The van der Waals surface area contributed by atoms with Gasteiger partial charge in [-0.25, -0.2) is 0 Å². The van der Waals surface area contributed by atoms with Crippen molar-refractivity contribution in [3.63, 3.8) is 0 Å². The molecule has 0 aliphatic carbocycles. The molecule has 1 fully saturated rings. The lowest BCUT2D eigenvalue weighted by molar-refractivity contribution is 0.0283. The lowest BCUT2D eigenvalue weighted by Crippen LogP contribution is -2.48. The molecule has 1 saturated heterocycles. The molecule has 168 valence electrons. The van der Waals surface area contributed by atoms with Crippen LogP contribution < -0.4 is 4.90 Å². The van der Waals surface area contributed by atoms with Gasteiger partial charge in [-0.2, -0.15) is 0 Å². The molecule has 0 aromatic heterocycles. The van der Waals surface area contributed by atoms with Gasteiger partial charge >= 0.3 is 0 Å². The topological polar surface area (TPSA) is 35.9 Å². The number of fused-ring (bicyclic) bond motifs is 1. The molecule has 1 N–H and O–H groups in total. The number of rotatable bonds is 7. The van der Waals surface area contributed by atoms with Crippen LogP contribution in [-0.4, -0.2) is 60.8 Å². The highest BCUT2D eigenvalue weighted by Gasteiger charge is 2.34. The first-order chi connectivity index (χ1) is 14.9. The second kappa shape index (κ2) is 9.95. The predicted octanol–water partition coefficient (Wildman–Crippen LogP) is 4.84. The zero-order valence-corrected chi connectivity index (χ0v) is 19.9. The third-order valence-electron chi connectivity index (χ3n) is 6.10. The Morgan fingerprint density at radius 2 is 1.84 bits per heavy atom. The summed E-state index contributed by atoms with van der Waals surface area (Å²) in [4.78, 5) is 6.36.